The summed E-state index contributed by atoms with van der Waals surface area (Å²) in [4.78, 5) is 5.16. The van der Waals surface area contributed by atoms with E-state index in [-0.39, 0.29) is 0 Å². The molecular weight excluding hydrogens is 176 g/mol. The van der Waals surface area contributed by atoms with Crippen molar-refractivity contribution in [1.29, 1.82) is 0 Å². The van der Waals surface area contributed by atoms with Gasteiger partial charge in [0.05, 0.1) is 0 Å². The molecule has 0 spiro atoms. The van der Waals surface area contributed by atoms with Gasteiger partial charge in [0.25, 0.3) is 0 Å². The van der Waals surface area contributed by atoms with Crippen LogP contribution in [0.2, 0.25) is 0 Å². The van der Waals surface area contributed by atoms with Gasteiger partial charge in [-0.2, -0.15) is 0 Å². The lowest BCUT2D eigenvalue weighted by molar-refractivity contribution is 0.163. The Hall–Kier alpha value is -1.09. The molecule has 0 amide bonds. The lowest BCUT2D eigenvalue weighted by Crippen LogP contribution is -2.30. The number of oxime groups is 1. The van der Waals surface area contributed by atoms with Crippen LogP contribution in [0.15, 0.2) is 28.5 Å². The normalized spacial score (nSPS) is 22.1. The number of allylic oxidation sites excluding steroid dienone is 2. The molecule has 0 saturated heterocycles. The zero-order valence-corrected chi connectivity index (χ0v) is 9.08. The van der Waals surface area contributed by atoms with E-state index in [1.54, 1.807) is 6.21 Å². The summed E-state index contributed by atoms with van der Waals surface area (Å²) in [6, 6.07) is 0.395. The molecule has 1 N–H and O–H groups in total. The summed E-state index contributed by atoms with van der Waals surface area (Å²) in [5, 5.41) is 7.03. The molecule has 1 aliphatic carbocycles. The Kier molecular flexibility index (Phi) is 4.40. The van der Waals surface area contributed by atoms with Crippen molar-refractivity contribution in [3.05, 3.63) is 23.3 Å². The lowest BCUT2D eigenvalue weighted by Gasteiger charge is -2.22. The molecule has 3 heteroatoms. The second-order valence-electron chi connectivity index (χ2n) is 3.32. The topological polar surface area (TPSA) is 33.6 Å². The van der Waals surface area contributed by atoms with Gasteiger partial charge in [0.15, 0.2) is 0 Å². The van der Waals surface area contributed by atoms with Gasteiger partial charge in [0.2, 0.25) is 0 Å². The van der Waals surface area contributed by atoms with Crippen molar-refractivity contribution in [2.24, 2.45) is 5.16 Å². The molecule has 1 rings (SSSR count). The van der Waals surface area contributed by atoms with Crippen LogP contribution in [0.5, 0.6) is 0 Å². The summed E-state index contributed by atoms with van der Waals surface area (Å²) in [6.45, 7) is 4.53. The molecule has 1 unspecified atom stereocenters. The zero-order chi connectivity index (χ0) is 10.4. The van der Waals surface area contributed by atoms with Gasteiger partial charge in [-0.3, -0.25) is 0 Å². The summed E-state index contributed by atoms with van der Waals surface area (Å²) in [5.74, 6) is 0. The van der Waals surface area contributed by atoms with Crippen LogP contribution in [0.4, 0.5) is 0 Å². The molecule has 0 bridgehead atoms. The SMILES string of the molecule is C/C=N\OCC1=C(C)C=CCC1NC. The van der Waals surface area contributed by atoms with E-state index < -0.39 is 0 Å². The van der Waals surface area contributed by atoms with Gasteiger partial charge in [0, 0.05) is 12.3 Å². The van der Waals surface area contributed by atoms with Crippen LogP contribution in [-0.2, 0) is 4.84 Å². The van der Waals surface area contributed by atoms with Gasteiger partial charge in [-0.25, -0.2) is 0 Å². The standard InChI is InChI=1S/C11H18N2O/c1-4-13-14-8-10-9(2)6-5-7-11(10)12-3/h4-6,11-12H,7-8H2,1-3H3/b13-4-. The predicted octanol–water partition coefficient (Wildman–Crippen LogP) is 1.87. The quantitative estimate of drug-likeness (QED) is 0.547. The van der Waals surface area contributed by atoms with Crippen LogP contribution in [0, 0.1) is 0 Å². The summed E-state index contributed by atoms with van der Waals surface area (Å²) < 4.78 is 0. The largest absolute Gasteiger partial charge is 0.392 e. The maximum absolute atomic E-state index is 5.16. The predicted molar refractivity (Wildman–Crippen MR) is 59.4 cm³/mol. The number of nitrogens with zero attached hydrogens (tertiary/aromatic N) is 1. The molecular formula is C11H18N2O. The Morgan fingerprint density at radius 1 is 1.71 bits per heavy atom. The molecule has 1 atom stereocenters. The van der Waals surface area contributed by atoms with Crippen molar-refractivity contribution in [3.8, 4) is 0 Å². The van der Waals surface area contributed by atoms with Crippen LogP contribution >= 0.6 is 0 Å². The molecule has 14 heavy (non-hydrogen) atoms. The van der Waals surface area contributed by atoms with Gasteiger partial charge in [-0.05, 0) is 38.5 Å². The molecule has 1 aliphatic rings. The van der Waals surface area contributed by atoms with Crippen molar-refractivity contribution in [3.63, 3.8) is 0 Å². The van der Waals surface area contributed by atoms with Crippen molar-refractivity contribution in [2.45, 2.75) is 26.3 Å². The molecule has 0 saturated carbocycles. The van der Waals surface area contributed by atoms with Crippen LogP contribution in [0.25, 0.3) is 0 Å². The Labute approximate surface area is 85.5 Å². The fourth-order valence-electron chi connectivity index (χ4n) is 1.59. The first-order valence-corrected chi connectivity index (χ1v) is 4.93. The second-order valence-corrected chi connectivity index (χ2v) is 3.32. The van der Waals surface area contributed by atoms with E-state index in [9.17, 15) is 0 Å². The molecule has 0 radical (unpaired) electrons. The summed E-state index contributed by atoms with van der Waals surface area (Å²) in [5.41, 5.74) is 2.57. The third-order valence-electron chi connectivity index (χ3n) is 2.42. The number of nitrogens with one attached hydrogen (secondary N) is 1. The highest BCUT2D eigenvalue weighted by atomic mass is 16.6. The average Bonchev–Trinajstić information content (AvgIpc) is 2.20. The van der Waals surface area contributed by atoms with Crippen LogP contribution in [0.3, 0.4) is 0 Å². The van der Waals surface area contributed by atoms with E-state index in [0.29, 0.717) is 12.6 Å². The van der Waals surface area contributed by atoms with Crippen molar-refractivity contribution < 1.29 is 4.84 Å². The van der Waals surface area contributed by atoms with Crippen molar-refractivity contribution >= 4 is 6.21 Å². The second kappa shape index (κ2) is 5.60. The minimum Gasteiger partial charge on any atom is -0.392 e. The number of likely N-dealkylation sites (N-methyl/N-ethyl adjacent to an activating group) is 1. The minimum atomic E-state index is 0.395. The van der Waals surface area contributed by atoms with Crippen molar-refractivity contribution in [2.75, 3.05) is 13.7 Å². The molecule has 0 aromatic rings. The van der Waals surface area contributed by atoms with Crippen LogP contribution in [-0.4, -0.2) is 25.9 Å². The van der Waals surface area contributed by atoms with Gasteiger partial charge >= 0.3 is 0 Å². The van der Waals surface area contributed by atoms with E-state index in [4.69, 9.17) is 4.84 Å². The van der Waals surface area contributed by atoms with Gasteiger partial charge in [-0.15, -0.1) is 0 Å². The summed E-state index contributed by atoms with van der Waals surface area (Å²) in [7, 11) is 1.97. The first kappa shape index (κ1) is 11.0. The Morgan fingerprint density at radius 3 is 3.14 bits per heavy atom. The fourth-order valence-corrected chi connectivity index (χ4v) is 1.59. The highest BCUT2D eigenvalue weighted by molar-refractivity contribution is 5.52. The van der Waals surface area contributed by atoms with Gasteiger partial charge in [-0.1, -0.05) is 17.3 Å². The number of hydrogen-bond acceptors (Lipinski definition) is 3. The minimum absolute atomic E-state index is 0.395. The van der Waals surface area contributed by atoms with Gasteiger partial charge in [0.1, 0.15) is 6.61 Å². The van der Waals surface area contributed by atoms with Gasteiger partial charge < -0.3 is 10.2 Å². The van der Waals surface area contributed by atoms with Crippen molar-refractivity contribution in [1.82, 2.24) is 5.32 Å². The van der Waals surface area contributed by atoms with E-state index in [0.717, 1.165) is 6.42 Å². The summed E-state index contributed by atoms with van der Waals surface area (Å²) in [6.07, 6.45) is 7.01. The Morgan fingerprint density at radius 2 is 2.50 bits per heavy atom. The van der Waals surface area contributed by atoms with E-state index >= 15 is 0 Å². The zero-order valence-electron chi connectivity index (χ0n) is 9.08. The van der Waals surface area contributed by atoms with E-state index in [1.807, 2.05) is 14.0 Å². The Balaban J connectivity index is 2.63. The molecule has 0 aromatic carbocycles. The Bertz CT molecular complexity index is 266. The average molecular weight is 194 g/mol. The third kappa shape index (κ3) is 2.70. The lowest BCUT2D eigenvalue weighted by atomic mass is 9.94. The monoisotopic (exact) mass is 194 g/mol. The highest BCUT2D eigenvalue weighted by Crippen LogP contribution is 2.19. The molecule has 0 aliphatic heterocycles. The first-order valence-electron chi connectivity index (χ1n) is 4.93. The molecule has 0 aromatic heterocycles. The van der Waals surface area contributed by atoms with E-state index in [2.05, 4.69) is 29.5 Å². The third-order valence-corrected chi connectivity index (χ3v) is 2.42. The number of hydrogen-bond donors (Lipinski definition) is 1. The fraction of sp³-hybridized carbons (Fsp3) is 0.545. The first-order chi connectivity index (χ1) is 6.79. The van der Waals surface area contributed by atoms with Crippen LogP contribution < -0.4 is 5.32 Å². The van der Waals surface area contributed by atoms with Crippen LogP contribution in [0.1, 0.15) is 20.3 Å². The smallest absolute Gasteiger partial charge is 0.140 e. The molecule has 0 fully saturated rings. The maximum atomic E-state index is 5.16. The molecule has 0 heterocycles. The molecule has 3 nitrogen and oxygen atoms in total. The van der Waals surface area contributed by atoms with E-state index in [1.165, 1.54) is 11.1 Å². The molecule has 78 valence electrons. The number of rotatable bonds is 4. The summed E-state index contributed by atoms with van der Waals surface area (Å²) >= 11 is 0. The highest BCUT2D eigenvalue weighted by Gasteiger charge is 2.16. The maximum Gasteiger partial charge on any atom is 0.140 e.